The summed E-state index contributed by atoms with van der Waals surface area (Å²) in [5.74, 6) is -7.62. The number of carbonyl (C=O) groups excluding carboxylic acids is 1. The minimum atomic E-state index is -4.25. The van der Waals surface area contributed by atoms with Gasteiger partial charge in [0.1, 0.15) is 0 Å². The number of rotatable bonds is 5. The van der Waals surface area contributed by atoms with E-state index in [4.69, 9.17) is 9.84 Å². The lowest BCUT2D eigenvalue weighted by molar-refractivity contribution is -0.183. The molecule has 0 spiro atoms. The van der Waals surface area contributed by atoms with E-state index in [0.29, 0.717) is 0 Å². The van der Waals surface area contributed by atoms with Crippen molar-refractivity contribution < 1.29 is 28.2 Å². The monoisotopic (exact) mass is 320 g/mol. The summed E-state index contributed by atoms with van der Waals surface area (Å²) < 4.78 is 32.7. The molecule has 0 bridgehead atoms. The molecule has 0 aliphatic heterocycles. The Morgan fingerprint density at radius 3 is 2.13 bits per heavy atom. The number of halogens is 2. The molecule has 0 aliphatic rings. The number of benzene rings is 2. The zero-order valence-electron chi connectivity index (χ0n) is 12.2. The van der Waals surface area contributed by atoms with Crippen molar-refractivity contribution in [2.45, 2.75) is 19.0 Å². The van der Waals surface area contributed by atoms with Crippen LogP contribution in [0.1, 0.15) is 27.6 Å². The number of carboxylic acids is 1. The molecule has 2 aromatic carbocycles. The van der Waals surface area contributed by atoms with Crippen molar-refractivity contribution in [3.8, 4) is 0 Å². The molecule has 0 aromatic heterocycles. The number of aliphatic carboxylic acids is 1. The third-order valence-electron chi connectivity index (χ3n) is 3.23. The average Bonchev–Trinajstić information content (AvgIpc) is 2.53. The standard InChI is InChI=1S/C17H14F2O4/c1-11-7-9-13(10-8-11)15(20)23-14(17(18,19)16(21)22)12-5-3-2-4-6-12/h2-10,14H,1H3,(H,21,22). The number of carbonyl (C=O) groups is 2. The maximum absolute atomic E-state index is 14.0. The predicted octanol–water partition coefficient (Wildman–Crippen LogP) is 3.61. The zero-order valence-corrected chi connectivity index (χ0v) is 12.2. The molecule has 6 heteroatoms. The highest BCUT2D eigenvalue weighted by atomic mass is 19.3. The molecule has 0 amide bonds. The summed E-state index contributed by atoms with van der Waals surface area (Å²) in [5, 5.41) is 8.75. The third-order valence-corrected chi connectivity index (χ3v) is 3.23. The quantitative estimate of drug-likeness (QED) is 0.855. The van der Waals surface area contributed by atoms with Gasteiger partial charge in [0.15, 0.2) is 0 Å². The first-order chi connectivity index (χ1) is 10.8. The zero-order chi connectivity index (χ0) is 17.0. The second-order valence-corrected chi connectivity index (χ2v) is 4.99. The molecule has 0 saturated heterocycles. The molecule has 0 heterocycles. The van der Waals surface area contributed by atoms with E-state index in [1.807, 2.05) is 0 Å². The highest BCUT2D eigenvalue weighted by Gasteiger charge is 2.51. The summed E-state index contributed by atoms with van der Waals surface area (Å²) in [6.07, 6.45) is -2.21. The smallest absolute Gasteiger partial charge is 0.382 e. The molecule has 120 valence electrons. The summed E-state index contributed by atoms with van der Waals surface area (Å²) in [7, 11) is 0. The maximum Gasteiger partial charge on any atom is 0.382 e. The number of alkyl halides is 2. The first kappa shape index (κ1) is 16.6. The van der Waals surface area contributed by atoms with E-state index in [9.17, 15) is 18.4 Å². The minimum Gasteiger partial charge on any atom is -0.477 e. The van der Waals surface area contributed by atoms with Crippen molar-refractivity contribution in [1.29, 1.82) is 0 Å². The number of hydrogen-bond acceptors (Lipinski definition) is 3. The van der Waals surface area contributed by atoms with E-state index in [1.54, 1.807) is 25.1 Å². The lowest BCUT2D eigenvalue weighted by Gasteiger charge is -2.24. The lowest BCUT2D eigenvalue weighted by Crippen LogP contribution is -2.38. The molecule has 4 nitrogen and oxygen atoms in total. The Hall–Kier alpha value is -2.76. The summed E-state index contributed by atoms with van der Waals surface area (Å²) in [4.78, 5) is 22.9. The van der Waals surface area contributed by atoms with Crippen LogP contribution in [0.2, 0.25) is 0 Å². The largest absolute Gasteiger partial charge is 0.477 e. The number of aryl methyl sites for hydroxylation is 1. The second kappa shape index (κ2) is 6.56. The minimum absolute atomic E-state index is 0.0673. The molecule has 1 unspecified atom stereocenters. The highest BCUT2D eigenvalue weighted by molar-refractivity contribution is 5.90. The van der Waals surface area contributed by atoms with Gasteiger partial charge < -0.3 is 9.84 Å². The number of ether oxygens (including phenoxy) is 1. The molecule has 23 heavy (non-hydrogen) atoms. The summed E-state index contributed by atoms with van der Waals surface area (Å²) in [6.45, 7) is 1.81. The fourth-order valence-electron chi connectivity index (χ4n) is 1.96. The Labute approximate surface area is 131 Å². The van der Waals surface area contributed by atoms with Crippen LogP contribution in [-0.4, -0.2) is 23.0 Å². The van der Waals surface area contributed by atoms with Crippen molar-refractivity contribution in [2.24, 2.45) is 0 Å². The Kier molecular flexibility index (Phi) is 4.74. The van der Waals surface area contributed by atoms with Gasteiger partial charge in [0.2, 0.25) is 6.10 Å². The highest BCUT2D eigenvalue weighted by Crippen LogP contribution is 2.35. The Morgan fingerprint density at radius 2 is 1.61 bits per heavy atom. The molecule has 0 saturated carbocycles. The van der Waals surface area contributed by atoms with E-state index >= 15 is 0 Å². The van der Waals surface area contributed by atoms with Gasteiger partial charge in [-0.2, -0.15) is 8.78 Å². The van der Waals surface area contributed by atoms with E-state index in [1.165, 1.54) is 36.4 Å². The van der Waals surface area contributed by atoms with Gasteiger partial charge in [-0.3, -0.25) is 0 Å². The first-order valence-electron chi connectivity index (χ1n) is 6.76. The maximum atomic E-state index is 14.0. The van der Waals surface area contributed by atoms with Crippen LogP contribution in [0.3, 0.4) is 0 Å². The second-order valence-electron chi connectivity index (χ2n) is 4.99. The van der Waals surface area contributed by atoms with Gasteiger partial charge in [-0.25, -0.2) is 9.59 Å². The van der Waals surface area contributed by atoms with Crippen LogP contribution in [0.15, 0.2) is 54.6 Å². The number of esters is 1. The van der Waals surface area contributed by atoms with Crippen molar-refractivity contribution >= 4 is 11.9 Å². The molecular weight excluding hydrogens is 306 g/mol. The fraction of sp³-hybridized carbons (Fsp3) is 0.176. The number of carboxylic acid groups (broad SMARTS) is 1. The van der Waals surface area contributed by atoms with Gasteiger partial charge in [0, 0.05) is 0 Å². The molecule has 2 rings (SSSR count). The SMILES string of the molecule is Cc1ccc(C(=O)OC(c2ccccc2)C(F)(F)C(=O)O)cc1. The molecular formula is C17H14F2O4. The van der Waals surface area contributed by atoms with Crippen molar-refractivity contribution in [3.05, 3.63) is 71.3 Å². The van der Waals surface area contributed by atoms with Crippen LogP contribution in [0.5, 0.6) is 0 Å². The average molecular weight is 320 g/mol. The molecule has 2 aromatic rings. The molecule has 0 radical (unpaired) electrons. The van der Waals surface area contributed by atoms with E-state index in [0.717, 1.165) is 5.56 Å². The van der Waals surface area contributed by atoms with E-state index in [2.05, 4.69) is 0 Å². The van der Waals surface area contributed by atoms with Crippen LogP contribution >= 0.6 is 0 Å². The summed E-state index contributed by atoms with van der Waals surface area (Å²) >= 11 is 0. The fourth-order valence-corrected chi connectivity index (χ4v) is 1.96. The third kappa shape index (κ3) is 3.71. The molecule has 0 fully saturated rings. The van der Waals surface area contributed by atoms with Crippen LogP contribution < -0.4 is 0 Å². The normalized spacial score (nSPS) is 12.5. The number of hydrogen-bond donors (Lipinski definition) is 1. The lowest BCUT2D eigenvalue weighted by atomic mass is 10.0. The molecule has 0 aliphatic carbocycles. The summed E-state index contributed by atoms with van der Waals surface area (Å²) in [5.41, 5.74) is 0.857. The van der Waals surface area contributed by atoms with Crippen molar-refractivity contribution in [1.82, 2.24) is 0 Å². The molecule has 1 N–H and O–H groups in total. The Morgan fingerprint density at radius 1 is 1.04 bits per heavy atom. The van der Waals surface area contributed by atoms with Gasteiger partial charge in [-0.1, -0.05) is 48.0 Å². The van der Waals surface area contributed by atoms with Crippen LogP contribution in [-0.2, 0) is 9.53 Å². The Bertz CT molecular complexity index is 696. The van der Waals surface area contributed by atoms with Crippen LogP contribution in [0, 0.1) is 6.92 Å². The van der Waals surface area contributed by atoms with Gasteiger partial charge >= 0.3 is 17.9 Å². The van der Waals surface area contributed by atoms with Gasteiger partial charge in [-0.05, 0) is 24.6 Å². The van der Waals surface area contributed by atoms with E-state index in [-0.39, 0.29) is 11.1 Å². The Balaban J connectivity index is 2.33. The van der Waals surface area contributed by atoms with Crippen LogP contribution in [0.25, 0.3) is 0 Å². The van der Waals surface area contributed by atoms with Gasteiger partial charge in [0.05, 0.1) is 5.56 Å². The first-order valence-corrected chi connectivity index (χ1v) is 6.76. The molecule has 1 atom stereocenters. The van der Waals surface area contributed by atoms with Gasteiger partial charge in [0.25, 0.3) is 0 Å². The topological polar surface area (TPSA) is 63.6 Å². The predicted molar refractivity (Wildman–Crippen MR) is 78.4 cm³/mol. The van der Waals surface area contributed by atoms with Crippen LogP contribution in [0.4, 0.5) is 8.78 Å². The van der Waals surface area contributed by atoms with Crippen molar-refractivity contribution in [3.63, 3.8) is 0 Å². The van der Waals surface area contributed by atoms with E-state index < -0.39 is 24.0 Å². The summed E-state index contributed by atoms with van der Waals surface area (Å²) in [6, 6.07) is 13.2. The van der Waals surface area contributed by atoms with Crippen molar-refractivity contribution in [2.75, 3.05) is 0 Å². The van der Waals surface area contributed by atoms with Gasteiger partial charge in [-0.15, -0.1) is 0 Å².